The van der Waals surface area contributed by atoms with E-state index in [-0.39, 0.29) is 17.7 Å². The maximum absolute atomic E-state index is 11.2. The van der Waals surface area contributed by atoms with Gasteiger partial charge in [-0.2, -0.15) is 4.98 Å². The Morgan fingerprint density at radius 3 is 2.76 bits per heavy atom. The molecular formula is C13H15ClN4O3. The van der Waals surface area contributed by atoms with E-state index in [0.717, 1.165) is 0 Å². The third-order valence-electron chi connectivity index (χ3n) is 2.60. The average molecular weight is 311 g/mol. The number of rotatable bonds is 5. The molecule has 0 aliphatic carbocycles. The fraction of sp³-hybridized carbons (Fsp3) is 0.385. The second kappa shape index (κ2) is 6.64. The summed E-state index contributed by atoms with van der Waals surface area (Å²) in [4.78, 5) is 23.7. The molecule has 21 heavy (non-hydrogen) atoms. The normalized spacial score (nSPS) is 12.2. The van der Waals surface area contributed by atoms with Crippen LogP contribution in [-0.4, -0.2) is 34.3 Å². The largest absolute Gasteiger partial charge is 0.446 e. The number of carbonyl (C=O) groups is 1. The quantitative estimate of drug-likeness (QED) is 0.674. The van der Waals surface area contributed by atoms with Gasteiger partial charge in [0, 0.05) is 20.5 Å². The molecule has 0 unspecified atom stereocenters. The van der Waals surface area contributed by atoms with Gasteiger partial charge in [0.2, 0.25) is 24.0 Å². The molecule has 2 heterocycles. The van der Waals surface area contributed by atoms with Gasteiger partial charge in [-0.25, -0.2) is 9.97 Å². The zero-order valence-corrected chi connectivity index (χ0v) is 12.6. The molecule has 1 N–H and O–H groups in total. The van der Waals surface area contributed by atoms with Gasteiger partial charge in [-0.1, -0.05) is 18.5 Å². The van der Waals surface area contributed by atoms with Gasteiger partial charge in [0.15, 0.2) is 5.52 Å². The van der Waals surface area contributed by atoms with Crippen LogP contribution in [0.1, 0.15) is 20.3 Å². The summed E-state index contributed by atoms with van der Waals surface area (Å²) in [5.41, 5.74) is 0.922. The molecule has 0 saturated heterocycles. The molecule has 0 aromatic carbocycles. The Labute approximate surface area is 126 Å². The van der Waals surface area contributed by atoms with Crippen molar-refractivity contribution in [3.05, 3.63) is 17.3 Å². The van der Waals surface area contributed by atoms with E-state index < -0.39 is 6.29 Å². The molecule has 1 amide bonds. The Bertz CT molecular complexity index is 661. The molecule has 2 aromatic heterocycles. The molecule has 7 nitrogen and oxygen atoms in total. The lowest BCUT2D eigenvalue weighted by atomic mass is 10.3. The SMILES string of the molecule is CC[C@H](OC)Oc1nc(NC(C)=O)nc2ccc(Cl)nc12. The first-order valence-corrected chi connectivity index (χ1v) is 6.72. The van der Waals surface area contributed by atoms with Crippen LogP contribution in [0, 0.1) is 0 Å². The standard InChI is InChI=1S/C13H15ClN4O3/c1-4-10(20-3)21-12-11-8(5-6-9(14)17-11)16-13(18-12)15-7(2)19/h5-6,10H,4H2,1-3H3,(H,15,16,18,19)/t10-/m1/s1. The third-order valence-corrected chi connectivity index (χ3v) is 2.81. The Morgan fingerprint density at radius 1 is 1.38 bits per heavy atom. The fourth-order valence-electron chi connectivity index (χ4n) is 1.68. The summed E-state index contributed by atoms with van der Waals surface area (Å²) in [5.74, 6) is 0.0704. The van der Waals surface area contributed by atoms with Crippen molar-refractivity contribution >= 4 is 34.5 Å². The minimum Gasteiger partial charge on any atom is -0.446 e. The second-order valence-corrected chi connectivity index (χ2v) is 4.61. The number of fused-ring (bicyclic) bond motifs is 1. The lowest BCUT2D eigenvalue weighted by Gasteiger charge is -2.16. The van der Waals surface area contributed by atoms with Crippen molar-refractivity contribution < 1.29 is 14.3 Å². The molecule has 0 fully saturated rings. The highest BCUT2D eigenvalue weighted by atomic mass is 35.5. The minimum atomic E-state index is -0.478. The smallest absolute Gasteiger partial charge is 0.247 e. The molecule has 0 aliphatic rings. The van der Waals surface area contributed by atoms with Crippen molar-refractivity contribution in [3.8, 4) is 5.88 Å². The number of halogens is 1. The number of ether oxygens (including phenoxy) is 2. The van der Waals surface area contributed by atoms with Crippen LogP contribution in [0.3, 0.4) is 0 Å². The van der Waals surface area contributed by atoms with Gasteiger partial charge >= 0.3 is 0 Å². The number of hydrogen-bond donors (Lipinski definition) is 1. The molecule has 0 bridgehead atoms. The first kappa shape index (κ1) is 15.4. The van der Waals surface area contributed by atoms with Crippen molar-refractivity contribution in [2.75, 3.05) is 12.4 Å². The Kier molecular flexibility index (Phi) is 4.87. The maximum atomic E-state index is 11.2. The Morgan fingerprint density at radius 2 is 2.14 bits per heavy atom. The van der Waals surface area contributed by atoms with Gasteiger partial charge in [0.25, 0.3) is 0 Å². The van der Waals surface area contributed by atoms with Crippen LogP contribution in [-0.2, 0) is 9.53 Å². The zero-order valence-electron chi connectivity index (χ0n) is 11.9. The molecule has 112 valence electrons. The van der Waals surface area contributed by atoms with E-state index in [1.807, 2.05) is 6.92 Å². The number of nitrogens with one attached hydrogen (secondary N) is 1. The highest BCUT2D eigenvalue weighted by molar-refractivity contribution is 6.29. The zero-order chi connectivity index (χ0) is 15.4. The monoisotopic (exact) mass is 310 g/mol. The third kappa shape index (κ3) is 3.77. The van der Waals surface area contributed by atoms with Crippen LogP contribution in [0.5, 0.6) is 5.88 Å². The van der Waals surface area contributed by atoms with Crippen molar-refractivity contribution in [2.24, 2.45) is 0 Å². The summed E-state index contributed by atoms with van der Waals surface area (Å²) in [5, 5.41) is 2.82. The van der Waals surface area contributed by atoms with Gasteiger partial charge in [-0.15, -0.1) is 0 Å². The topological polar surface area (TPSA) is 86.2 Å². The van der Waals surface area contributed by atoms with Crippen molar-refractivity contribution in [3.63, 3.8) is 0 Å². The molecule has 0 spiro atoms. The molecule has 0 saturated carbocycles. The van der Waals surface area contributed by atoms with E-state index in [2.05, 4.69) is 20.3 Å². The maximum Gasteiger partial charge on any atom is 0.247 e. The highest BCUT2D eigenvalue weighted by Gasteiger charge is 2.15. The predicted octanol–water partition coefficient (Wildman–Crippen LogP) is 2.40. The number of aromatic nitrogens is 3. The number of amides is 1. The van der Waals surface area contributed by atoms with E-state index in [0.29, 0.717) is 22.6 Å². The number of nitrogens with zero attached hydrogens (tertiary/aromatic N) is 3. The van der Waals surface area contributed by atoms with Crippen LogP contribution >= 0.6 is 11.6 Å². The van der Waals surface area contributed by atoms with Crippen LogP contribution in [0.25, 0.3) is 11.0 Å². The summed E-state index contributed by atoms with van der Waals surface area (Å²) in [6.45, 7) is 3.28. The summed E-state index contributed by atoms with van der Waals surface area (Å²) in [6.07, 6.45) is 0.145. The number of methoxy groups -OCH3 is 1. The van der Waals surface area contributed by atoms with Gasteiger partial charge in [0.05, 0.1) is 5.52 Å². The number of hydrogen-bond acceptors (Lipinski definition) is 6. The first-order chi connectivity index (χ1) is 10.0. The molecule has 0 aliphatic heterocycles. The lowest BCUT2D eigenvalue weighted by Crippen LogP contribution is -2.19. The summed E-state index contributed by atoms with van der Waals surface area (Å²) in [7, 11) is 1.53. The van der Waals surface area contributed by atoms with Gasteiger partial charge in [-0.3, -0.25) is 10.1 Å². The summed E-state index contributed by atoms with van der Waals surface area (Å²) < 4.78 is 10.8. The predicted molar refractivity (Wildman–Crippen MR) is 78.4 cm³/mol. The molecule has 1 atom stereocenters. The molecule has 2 rings (SSSR count). The summed E-state index contributed by atoms with van der Waals surface area (Å²) in [6, 6.07) is 3.28. The van der Waals surface area contributed by atoms with E-state index in [1.165, 1.54) is 14.0 Å². The number of pyridine rings is 1. The van der Waals surface area contributed by atoms with Gasteiger partial charge in [0.1, 0.15) is 5.15 Å². The van der Waals surface area contributed by atoms with Crippen LogP contribution in [0.15, 0.2) is 12.1 Å². The number of anilines is 1. The van der Waals surface area contributed by atoms with Crippen LogP contribution in [0.4, 0.5) is 5.95 Å². The Balaban J connectivity index is 2.51. The fourth-order valence-corrected chi connectivity index (χ4v) is 1.83. The highest BCUT2D eigenvalue weighted by Crippen LogP contribution is 2.25. The van der Waals surface area contributed by atoms with E-state index in [4.69, 9.17) is 21.1 Å². The van der Waals surface area contributed by atoms with E-state index in [1.54, 1.807) is 12.1 Å². The lowest BCUT2D eigenvalue weighted by molar-refractivity contribution is -0.114. The van der Waals surface area contributed by atoms with Crippen LogP contribution in [0.2, 0.25) is 5.15 Å². The molecule has 0 radical (unpaired) electrons. The number of carbonyl (C=O) groups excluding carboxylic acids is 1. The molecule has 2 aromatic rings. The first-order valence-electron chi connectivity index (χ1n) is 6.34. The van der Waals surface area contributed by atoms with Crippen molar-refractivity contribution in [1.82, 2.24) is 15.0 Å². The van der Waals surface area contributed by atoms with Gasteiger partial charge < -0.3 is 9.47 Å². The minimum absolute atomic E-state index is 0.139. The van der Waals surface area contributed by atoms with Crippen molar-refractivity contribution in [2.45, 2.75) is 26.6 Å². The van der Waals surface area contributed by atoms with E-state index >= 15 is 0 Å². The average Bonchev–Trinajstić information content (AvgIpc) is 2.44. The molecule has 8 heteroatoms. The van der Waals surface area contributed by atoms with Crippen LogP contribution < -0.4 is 10.1 Å². The second-order valence-electron chi connectivity index (χ2n) is 4.23. The van der Waals surface area contributed by atoms with Gasteiger partial charge in [-0.05, 0) is 12.1 Å². The Hall–Kier alpha value is -1.99. The van der Waals surface area contributed by atoms with Crippen molar-refractivity contribution in [1.29, 1.82) is 0 Å². The molecular weight excluding hydrogens is 296 g/mol. The van der Waals surface area contributed by atoms with E-state index in [9.17, 15) is 4.79 Å². The summed E-state index contributed by atoms with van der Waals surface area (Å²) >= 11 is 5.90.